The predicted octanol–water partition coefficient (Wildman–Crippen LogP) is 3.79. The largest absolute Gasteiger partial charge is 0.497 e. The van der Waals surface area contributed by atoms with Gasteiger partial charge in [-0.1, -0.05) is 32.0 Å². The van der Waals surface area contributed by atoms with Crippen molar-refractivity contribution in [3.05, 3.63) is 52.2 Å². The van der Waals surface area contributed by atoms with E-state index in [4.69, 9.17) is 4.74 Å². The van der Waals surface area contributed by atoms with E-state index in [0.717, 1.165) is 30.4 Å². The minimum absolute atomic E-state index is 0.0698. The van der Waals surface area contributed by atoms with Crippen LogP contribution in [0.1, 0.15) is 31.2 Å². The number of nitrogens with one attached hydrogen (secondary N) is 2. The maximum atomic E-state index is 5.26. The van der Waals surface area contributed by atoms with Crippen LogP contribution in [-0.4, -0.2) is 26.2 Å². The van der Waals surface area contributed by atoms with Crippen LogP contribution in [0.3, 0.4) is 0 Å². The molecule has 0 fully saturated rings. The second kappa shape index (κ2) is 8.73. The maximum Gasteiger partial charge on any atom is 0.191 e. The summed E-state index contributed by atoms with van der Waals surface area (Å²) < 4.78 is 5.26. The lowest BCUT2D eigenvalue weighted by molar-refractivity contribution is 0.414. The van der Waals surface area contributed by atoms with E-state index in [2.05, 4.69) is 60.0 Å². The number of nitrogens with zero attached hydrogens (tertiary/aromatic N) is 1. The molecule has 0 aliphatic heterocycles. The van der Waals surface area contributed by atoms with Gasteiger partial charge in [-0.3, -0.25) is 0 Å². The molecule has 1 aromatic heterocycles. The van der Waals surface area contributed by atoms with Crippen molar-refractivity contribution in [1.29, 1.82) is 0 Å². The summed E-state index contributed by atoms with van der Waals surface area (Å²) in [6.45, 7) is 8.86. The van der Waals surface area contributed by atoms with Crippen LogP contribution in [0.4, 0.5) is 0 Å². The van der Waals surface area contributed by atoms with Gasteiger partial charge in [0.1, 0.15) is 5.75 Å². The van der Waals surface area contributed by atoms with Crippen molar-refractivity contribution in [2.24, 2.45) is 4.99 Å². The van der Waals surface area contributed by atoms with Crippen LogP contribution < -0.4 is 15.4 Å². The molecule has 0 saturated carbocycles. The summed E-state index contributed by atoms with van der Waals surface area (Å²) in [6, 6.07) is 12.3. The van der Waals surface area contributed by atoms with Gasteiger partial charge in [0.15, 0.2) is 5.96 Å². The number of hydrogen-bond acceptors (Lipinski definition) is 3. The molecular weight excluding hydrogens is 318 g/mol. The van der Waals surface area contributed by atoms with E-state index in [0.29, 0.717) is 6.54 Å². The molecule has 24 heavy (non-hydrogen) atoms. The van der Waals surface area contributed by atoms with Crippen molar-refractivity contribution < 1.29 is 4.74 Å². The molecule has 0 unspecified atom stereocenters. The van der Waals surface area contributed by atoms with E-state index in [1.165, 1.54) is 4.88 Å². The van der Waals surface area contributed by atoms with Crippen LogP contribution >= 0.6 is 11.3 Å². The Labute approximate surface area is 149 Å². The second-order valence-electron chi connectivity index (χ2n) is 6.26. The molecular formula is C19H27N3OS. The third kappa shape index (κ3) is 5.27. The monoisotopic (exact) mass is 345 g/mol. The Hall–Kier alpha value is -2.01. The number of guanidine groups is 1. The molecule has 0 saturated heterocycles. The van der Waals surface area contributed by atoms with E-state index in [9.17, 15) is 0 Å². The molecule has 0 amide bonds. The summed E-state index contributed by atoms with van der Waals surface area (Å²) in [6.07, 6.45) is 0. The van der Waals surface area contributed by atoms with E-state index in [-0.39, 0.29) is 5.41 Å². The van der Waals surface area contributed by atoms with Gasteiger partial charge in [-0.25, -0.2) is 4.99 Å². The van der Waals surface area contributed by atoms with Gasteiger partial charge in [0.25, 0.3) is 0 Å². The normalized spacial score (nSPS) is 12.1. The fourth-order valence-electron chi connectivity index (χ4n) is 2.34. The number of aliphatic imine (C=N–C) groups is 1. The Morgan fingerprint density at radius 1 is 1.21 bits per heavy atom. The molecule has 4 nitrogen and oxygen atoms in total. The molecule has 0 spiro atoms. The third-order valence-corrected chi connectivity index (χ3v) is 5.02. The first-order valence-electron chi connectivity index (χ1n) is 8.24. The first-order chi connectivity index (χ1) is 11.5. The number of hydrogen-bond donors (Lipinski definition) is 2. The van der Waals surface area contributed by atoms with E-state index < -0.39 is 0 Å². The minimum Gasteiger partial charge on any atom is -0.497 e. The topological polar surface area (TPSA) is 45.7 Å². The zero-order valence-electron chi connectivity index (χ0n) is 14.9. The smallest absolute Gasteiger partial charge is 0.191 e. The lowest BCUT2D eigenvalue weighted by Crippen LogP contribution is -2.43. The Morgan fingerprint density at radius 2 is 2.04 bits per heavy atom. The number of methoxy groups -OCH3 is 1. The summed E-state index contributed by atoms with van der Waals surface area (Å²) in [5.41, 5.74) is 1.20. The number of thiophene rings is 1. The fraction of sp³-hybridized carbons (Fsp3) is 0.421. The van der Waals surface area contributed by atoms with Gasteiger partial charge in [0.05, 0.1) is 13.7 Å². The molecule has 2 N–H and O–H groups in total. The summed E-state index contributed by atoms with van der Waals surface area (Å²) in [5.74, 6) is 1.70. The Bertz CT molecular complexity index is 650. The van der Waals surface area contributed by atoms with Gasteiger partial charge in [-0.2, -0.15) is 0 Å². The first-order valence-corrected chi connectivity index (χ1v) is 9.12. The highest BCUT2D eigenvalue weighted by Gasteiger charge is 2.21. The Morgan fingerprint density at radius 3 is 2.71 bits per heavy atom. The van der Waals surface area contributed by atoms with E-state index in [1.54, 1.807) is 18.4 Å². The maximum absolute atomic E-state index is 5.26. The quantitative estimate of drug-likeness (QED) is 0.593. The Kier molecular flexibility index (Phi) is 6.67. The van der Waals surface area contributed by atoms with Gasteiger partial charge >= 0.3 is 0 Å². The van der Waals surface area contributed by atoms with Crippen molar-refractivity contribution in [1.82, 2.24) is 10.6 Å². The van der Waals surface area contributed by atoms with Gasteiger partial charge in [-0.15, -0.1) is 11.3 Å². The van der Waals surface area contributed by atoms with Crippen molar-refractivity contribution in [2.45, 2.75) is 32.7 Å². The molecule has 0 bridgehead atoms. The molecule has 2 rings (SSSR count). The zero-order chi connectivity index (χ0) is 17.4. The average Bonchev–Trinajstić information content (AvgIpc) is 3.13. The lowest BCUT2D eigenvalue weighted by atomic mass is 9.91. The van der Waals surface area contributed by atoms with Crippen LogP contribution in [0, 0.1) is 0 Å². The van der Waals surface area contributed by atoms with Crippen LogP contribution in [0.5, 0.6) is 5.75 Å². The molecule has 5 heteroatoms. The van der Waals surface area contributed by atoms with Crippen LogP contribution in [-0.2, 0) is 12.0 Å². The first kappa shape index (κ1) is 18.3. The average molecular weight is 346 g/mol. The van der Waals surface area contributed by atoms with Crippen LogP contribution in [0.15, 0.2) is 46.8 Å². The van der Waals surface area contributed by atoms with Gasteiger partial charge in [-0.05, 0) is 36.1 Å². The standard InChI is InChI=1S/C19H27N3OS/c1-5-20-18(21-13-15-8-6-9-16(12-15)23-4)22-14-19(2,3)17-10-7-11-24-17/h6-12H,5,13-14H2,1-4H3,(H2,20,21,22). The van der Waals surface area contributed by atoms with Gasteiger partial charge < -0.3 is 15.4 Å². The van der Waals surface area contributed by atoms with Crippen LogP contribution in [0.2, 0.25) is 0 Å². The fourth-order valence-corrected chi connectivity index (χ4v) is 3.19. The minimum atomic E-state index is 0.0698. The predicted molar refractivity (Wildman–Crippen MR) is 103 cm³/mol. The number of benzene rings is 1. The summed E-state index contributed by atoms with van der Waals surface area (Å²) in [5, 5.41) is 8.90. The van der Waals surface area contributed by atoms with Crippen molar-refractivity contribution >= 4 is 17.3 Å². The highest BCUT2D eigenvalue weighted by molar-refractivity contribution is 7.10. The van der Waals surface area contributed by atoms with Crippen molar-refractivity contribution in [3.8, 4) is 5.75 Å². The molecule has 1 heterocycles. The SMILES string of the molecule is CCNC(=NCc1cccc(OC)c1)NCC(C)(C)c1cccs1. The highest BCUT2D eigenvalue weighted by atomic mass is 32.1. The molecule has 0 atom stereocenters. The van der Waals surface area contributed by atoms with Gasteiger partial charge in [0.2, 0.25) is 0 Å². The van der Waals surface area contributed by atoms with Crippen molar-refractivity contribution in [3.63, 3.8) is 0 Å². The third-order valence-electron chi connectivity index (χ3n) is 3.78. The summed E-state index contributed by atoms with van der Waals surface area (Å²) >= 11 is 1.80. The van der Waals surface area contributed by atoms with E-state index in [1.807, 2.05) is 18.2 Å². The molecule has 1 aromatic carbocycles. The van der Waals surface area contributed by atoms with Gasteiger partial charge in [0, 0.05) is 23.4 Å². The second-order valence-corrected chi connectivity index (χ2v) is 7.21. The zero-order valence-corrected chi connectivity index (χ0v) is 15.7. The molecule has 0 radical (unpaired) electrons. The number of ether oxygens (including phenoxy) is 1. The molecule has 2 aromatic rings. The van der Waals surface area contributed by atoms with Crippen LogP contribution in [0.25, 0.3) is 0 Å². The highest BCUT2D eigenvalue weighted by Crippen LogP contribution is 2.26. The molecule has 0 aliphatic rings. The summed E-state index contributed by atoms with van der Waals surface area (Å²) in [7, 11) is 1.68. The molecule has 130 valence electrons. The van der Waals surface area contributed by atoms with E-state index >= 15 is 0 Å². The Balaban J connectivity index is 2.00. The van der Waals surface area contributed by atoms with Crippen molar-refractivity contribution in [2.75, 3.05) is 20.2 Å². The lowest BCUT2D eigenvalue weighted by Gasteiger charge is -2.25. The number of rotatable bonds is 7. The summed E-state index contributed by atoms with van der Waals surface area (Å²) in [4.78, 5) is 6.06. The molecule has 0 aliphatic carbocycles.